The largest absolute Gasteiger partial charge is 0.394 e. The number of aliphatic hydroxyl groups is 5. The maximum absolute atomic E-state index is 10.3. The maximum atomic E-state index is 10.3. The van der Waals surface area contributed by atoms with Crippen molar-refractivity contribution < 1.29 is 30.3 Å². The molecule has 0 spiro atoms. The minimum Gasteiger partial charge on any atom is -0.394 e. The quantitative estimate of drug-likeness (QED) is 0.417. The Hall–Kier alpha value is -0.0231. The summed E-state index contributed by atoms with van der Waals surface area (Å²) < 4.78 is 5.18. The summed E-state index contributed by atoms with van der Waals surface area (Å²) in [6.45, 7) is 5.81. The van der Waals surface area contributed by atoms with Crippen LogP contribution in [0.25, 0.3) is 0 Å². The maximum Gasteiger partial charge on any atom is 0.194 e. The monoisotopic (exact) mass is 280 g/mol. The van der Waals surface area contributed by atoms with Crippen molar-refractivity contribution >= 4 is 8.07 Å². The van der Waals surface area contributed by atoms with Crippen molar-refractivity contribution in [1.29, 1.82) is 0 Å². The molecule has 0 aliphatic carbocycles. The zero-order valence-electron chi connectivity index (χ0n) is 11.1. The fourth-order valence-electron chi connectivity index (χ4n) is 1.98. The summed E-state index contributed by atoms with van der Waals surface area (Å²) in [5.74, 6) is -1.91. The molecule has 5 N–H and O–H groups in total. The van der Waals surface area contributed by atoms with Crippen molar-refractivity contribution in [2.24, 2.45) is 0 Å². The fourth-order valence-corrected chi connectivity index (χ4v) is 3.09. The van der Waals surface area contributed by atoms with E-state index in [-0.39, 0.29) is 6.42 Å². The first kappa shape index (κ1) is 16.0. The van der Waals surface area contributed by atoms with Crippen LogP contribution in [0, 0.1) is 0 Å². The molecule has 5 atom stereocenters. The molecule has 0 bridgehead atoms. The Morgan fingerprint density at radius 2 is 1.67 bits per heavy atom. The first-order valence-electron chi connectivity index (χ1n) is 6.16. The van der Waals surface area contributed by atoms with Gasteiger partial charge in [0.1, 0.15) is 24.4 Å². The molecule has 1 aliphatic rings. The van der Waals surface area contributed by atoms with Crippen molar-refractivity contribution in [3.63, 3.8) is 0 Å². The smallest absolute Gasteiger partial charge is 0.194 e. The number of hydrogen-bond donors (Lipinski definition) is 5. The second-order valence-electron chi connectivity index (χ2n) is 6.17. The minimum atomic E-state index is -1.91. The van der Waals surface area contributed by atoms with Crippen molar-refractivity contribution in [1.82, 2.24) is 0 Å². The van der Waals surface area contributed by atoms with Gasteiger partial charge in [0.15, 0.2) is 5.79 Å². The minimum absolute atomic E-state index is 0.171. The van der Waals surface area contributed by atoms with Crippen LogP contribution in [-0.2, 0) is 4.74 Å². The average Bonchev–Trinajstić information content (AvgIpc) is 2.28. The summed E-state index contributed by atoms with van der Waals surface area (Å²) in [5, 5.41) is 48.4. The molecule has 1 heterocycles. The zero-order valence-corrected chi connectivity index (χ0v) is 12.1. The number of rotatable bonds is 4. The van der Waals surface area contributed by atoms with Gasteiger partial charge in [-0.25, -0.2) is 0 Å². The van der Waals surface area contributed by atoms with Crippen LogP contribution >= 0.6 is 0 Å². The van der Waals surface area contributed by atoms with Gasteiger partial charge in [-0.1, -0.05) is 25.7 Å². The van der Waals surface area contributed by atoms with Gasteiger partial charge >= 0.3 is 0 Å². The van der Waals surface area contributed by atoms with Gasteiger partial charge in [0.25, 0.3) is 0 Å². The molecule has 7 heteroatoms. The molecule has 0 radical (unpaired) electrons. The van der Waals surface area contributed by atoms with Crippen LogP contribution in [0.2, 0.25) is 25.7 Å². The molecule has 0 aromatic rings. The van der Waals surface area contributed by atoms with Crippen molar-refractivity contribution in [2.75, 3.05) is 6.61 Å². The van der Waals surface area contributed by atoms with E-state index in [2.05, 4.69) is 19.6 Å². The van der Waals surface area contributed by atoms with E-state index >= 15 is 0 Å². The highest BCUT2D eigenvalue weighted by atomic mass is 28.3. The summed E-state index contributed by atoms with van der Waals surface area (Å²) in [7, 11) is -1.45. The molecule has 1 rings (SSSR count). The predicted octanol–water partition coefficient (Wildman–Crippen LogP) is -1.12. The van der Waals surface area contributed by atoms with Gasteiger partial charge in [-0.15, -0.1) is 0 Å². The Morgan fingerprint density at radius 3 is 2.11 bits per heavy atom. The molecule has 18 heavy (non-hydrogen) atoms. The van der Waals surface area contributed by atoms with E-state index in [1.807, 2.05) is 0 Å². The first-order chi connectivity index (χ1) is 8.10. The van der Waals surface area contributed by atoms with Crippen molar-refractivity contribution in [2.45, 2.75) is 62.3 Å². The molecule has 0 aromatic carbocycles. The summed E-state index contributed by atoms with van der Waals surface area (Å²) in [5.41, 5.74) is 0. The van der Waals surface area contributed by atoms with Crippen LogP contribution in [0.1, 0.15) is 6.42 Å². The average molecular weight is 280 g/mol. The van der Waals surface area contributed by atoms with Crippen LogP contribution in [0.5, 0.6) is 0 Å². The summed E-state index contributed by atoms with van der Waals surface area (Å²) in [6.07, 6.45) is -5.43. The Kier molecular flexibility index (Phi) is 4.93. The molecule has 0 unspecified atom stereocenters. The molecular weight excluding hydrogens is 256 g/mol. The SMILES string of the molecule is C[Si](C)(C)CC[C@]1(O)O[C@H](CO)[C@H](O)[C@H](O)[C@H]1O. The highest BCUT2D eigenvalue weighted by molar-refractivity contribution is 6.76. The molecule has 0 amide bonds. The highest BCUT2D eigenvalue weighted by Crippen LogP contribution is 2.33. The molecule has 0 aromatic heterocycles. The molecule has 1 fully saturated rings. The van der Waals surface area contributed by atoms with E-state index in [9.17, 15) is 20.4 Å². The fraction of sp³-hybridized carbons (Fsp3) is 1.00. The normalized spacial score (nSPS) is 42.0. The van der Waals surface area contributed by atoms with Crippen LogP contribution in [-0.4, -0.2) is 70.4 Å². The summed E-state index contributed by atoms with van der Waals surface area (Å²) in [6, 6.07) is 0.696. The molecular formula is C11H24O6Si. The second kappa shape index (κ2) is 5.54. The lowest BCUT2D eigenvalue weighted by Crippen LogP contribution is -2.65. The Labute approximate surface area is 108 Å². The molecule has 0 saturated carbocycles. The third-order valence-corrected chi connectivity index (χ3v) is 5.04. The standard InChI is InChI=1S/C11H24O6Si/c1-18(2,3)5-4-11(16)10(15)9(14)8(13)7(6-12)17-11/h7-10,12-16H,4-6H2,1-3H3/t7-,8+,9+,10-,11+/m1/s1. The lowest BCUT2D eigenvalue weighted by Gasteiger charge is -2.46. The third kappa shape index (κ3) is 3.50. The van der Waals surface area contributed by atoms with E-state index < -0.39 is 44.9 Å². The zero-order chi connectivity index (χ0) is 14.1. The number of hydrogen-bond acceptors (Lipinski definition) is 6. The van der Waals surface area contributed by atoms with Crippen molar-refractivity contribution in [3.05, 3.63) is 0 Å². The van der Waals surface area contributed by atoms with Crippen molar-refractivity contribution in [3.8, 4) is 0 Å². The predicted molar refractivity (Wildman–Crippen MR) is 67.7 cm³/mol. The van der Waals surface area contributed by atoms with E-state index in [4.69, 9.17) is 9.84 Å². The molecule has 108 valence electrons. The number of aliphatic hydroxyl groups excluding tert-OH is 4. The van der Waals surface area contributed by atoms with Gasteiger partial charge in [0, 0.05) is 14.5 Å². The highest BCUT2D eigenvalue weighted by Gasteiger charge is 2.52. The van der Waals surface area contributed by atoms with Gasteiger partial charge in [-0.05, 0) is 0 Å². The Bertz CT molecular complexity index is 279. The van der Waals surface area contributed by atoms with E-state index in [1.165, 1.54) is 0 Å². The Morgan fingerprint density at radius 1 is 1.11 bits per heavy atom. The van der Waals surface area contributed by atoms with E-state index in [1.54, 1.807) is 0 Å². The lowest BCUT2D eigenvalue weighted by molar-refractivity contribution is -0.349. The first-order valence-corrected chi connectivity index (χ1v) is 9.87. The third-order valence-electron chi connectivity index (χ3n) is 3.29. The summed E-state index contributed by atoms with van der Waals surface area (Å²) in [4.78, 5) is 0. The van der Waals surface area contributed by atoms with E-state index in [0.717, 1.165) is 0 Å². The van der Waals surface area contributed by atoms with E-state index in [0.29, 0.717) is 6.04 Å². The van der Waals surface area contributed by atoms with Gasteiger partial charge in [-0.3, -0.25) is 0 Å². The van der Waals surface area contributed by atoms with Gasteiger partial charge in [-0.2, -0.15) is 0 Å². The summed E-state index contributed by atoms with van der Waals surface area (Å²) >= 11 is 0. The van der Waals surface area contributed by atoms with Gasteiger partial charge in [0.05, 0.1) is 6.61 Å². The van der Waals surface area contributed by atoms with Crippen LogP contribution in [0.4, 0.5) is 0 Å². The topological polar surface area (TPSA) is 110 Å². The number of ether oxygens (including phenoxy) is 1. The Balaban J connectivity index is 2.79. The molecule has 1 saturated heterocycles. The van der Waals surface area contributed by atoms with Gasteiger partial charge < -0.3 is 30.3 Å². The second-order valence-corrected chi connectivity index (χ2v) is 11.8. The molecule has 1 aliphatic heterocycles. The van der Waals surface area contributed by atoms with Crippen LogP contribution in [0.3, 0.4) is 0 Å². The van der Waals surface area contributed by atoms with Crippen LogP contribution < -0.4 is 0 Å². The van der Waals surface area contributed by atoms with Crippen LogP contribution in [0.15, 0.2) is 0 Å². The molecule has 6 nitrogen and oxygen atoms in total. The lowest BCUT2D eigenvalue weighted by atomic mass is 9.91. The van der Waals surface area contributed by atoms with Gasteiger partial charge in [0.2, 0.25) is 0 Å².